The average Bonchev–Trinajstić information content (AvgIpc) is 3.33. The van der Waals surface area contributed by atoms with Gasteiger partial charge in [0.25, 0.3) is 11.8 Å². The Kier molecular flexibility index (Phi) is 6.61. The molecule has 0 bridgehead atoms. The Morgan fingerprint density at radius 1 is 1.09 bits per heavy atom. The van der Waals surface area contributed by atoms with Crippen molar-refractivity contribution in [1.82, 2.24) is 15.5 Å². The van der Waals surface area contributed by atoms with Crippen molar-refractivity contribution in [2.75, 3.05) is 37.8 Å². The van der Waals surface area contributed by atoms with Crippen LogP contribution in [0.3, 0.4) is 0 Å². The normalized spacial score (nSPS) is 15.3. The molecule has 0 spiro atoms. The van der Waals surface area contributed by atoms with Gasteiger partial charge in [-0.25, -0.2) is 0 Å². The summed E-state index contributed by atoms with van der Waals surface area (Å²) in [5.74, 6) is -0.469. The van der Waals surface area contributed by atoms with Gasteiger partial charge in [0.2, 0.25) is 5.82 Å². The summed E-state index contributed by atoms with van der Waals surface area (Å²) in [6.45, 7) is 2.34. The second-order valence-electron chi connectivity index (χ2n) is 7.39. The minimum absolute atomic E-state index is 0.0429. The first-order chi connectivity index (χ1) is 15.8. The largest absolute Gasteiger partial charge is 0.416 e. The minimum atomic E-state index is -4.45. The monoisotopic (exact) mass is 462 g/mol. The van der Waals surface area contributed by atoms with E-state index in [-0.39, 0.29) is 11.7 Å². The highest BCUT2D eigenvalue weighted by atomic mass is 19.4. The number of rotatable bonds is 6. The summed E-state index contributed by atoms with van der Waals surface area (Å²) < 4.78 is 48.7. The molecular formula is C22H21F3N4O4. The van der Waals surface area contributed by atoms with Crippen molar-refractivity contribution >= 4 is 11.6 Å². The van der Waals surface area contributed by atoms with Gasteiger partial charge in [-0.2, -0.15) is 18.2 Å². The van der Waals surface area contributed by atoms with Gasteiger partial charge in [-0.3, -0.25) is 4.79 Å². The number of aliphatic hydroxyl groups is 1. The lowest BCUT2D eigenvalue weighted by molar-refractivity contribution is -0.137. The lowest BCUT2D eigenvalue weighted by Crippen LogP contribution is -2.36. The zero-order valence-corrected chi connectivity index (χ0v) is 17.4. The third-order valence-electron chi connectivity index (χ3n) is 5.20. The molecule has 4 rings (SSSR count). The van der Waals surface area contributed by atoms with Gasteiger partial charge < -0.3 is 24.6 Å². The fraction of sp³-hybridized carbons (Fsp3) is 0.318. The van der Waals surface area contributed by atoms with E-state index in [0.29, 0.717) is 24.3 Å². The van der Waals surface area contributed by atoms with E-state index in [1.807, 2.05) is 12.1 Å². The number of aliphatic hydroxyl groups excluding tert-OH is 1. The number of nitrogens with zero attached hydrogens (tertiary/aromatic N) is 3. The van der Waals surface area contributed by atoms with Crippen LogP contribution in [0.25, 0.3) is 11.4 Å². The highest BCUT2D eigenvalue weighted by Crippen LogP contribution is 2.30. The van der Waals surface area contributed by atoms with E-state index in [1.54, 1.807) is 12.1 Å². The number of nitrogens with one attached hydrogen (secondary N) is 1. The van der Waals surface area contributed by atoms with Gasteiger partial charge in [-0.1, -0.05) is 17.3 Å². The van der Waals surface area contributed by atoms with Gasteiger partial charge in [0.15, 0.2) is 0 Å². The van der Waals surface area contributed by atoms with Crippen molar-refractivity contribution in [3.63, 3.8) is 0 Å². The zero-order valence-electron chi connectivity index (χ0n) is 17.4. The molecule has 0 aliphatic carbocycles. The van der Waals surface area contributed by atoms with Crippen LogP contribution in [-0.4, -0.2) is 54.1 Å². The Labute approximate surface area is 187 Å². The summed E-state index contributed by atoms with van der Waals surface area (Å²) in [4.78, 5) is 18.9. The van der Waals surface area contributed by atoms with Gasteiger partial charge >= 0.3 is 6.18 Å². The molecule has 8 nitrogen and oxygen atoms in total. The number of benzene rings is 2. The highest BCUT2D eigenvalue weighted by molar-refractivity contribution is 5.94. The van der Waals surface area contributed by atoms with Gasteiger partial charge in [-0.15, -0.1) is 0 Å². The third kappa shape index (κ3) is 5.32. The standard InChI is InChI=1S/C22H21F3N4O4/c23-22(24,25)16-5-1-14(2-6-16)19-27-21(33-28-19)18(13-30)26-20(31)15-3-7-17(8-4-15)29-9-11-32-12-10-29/h1-8,18,30H,9-13H2,(H,26,31)/t18-/m0/s1. The van der Waals surface area contributed by atoms with Crippen molar-refractivity contribution in [3.8, 4) is 11.4 Å². The molecule has 1 aliphatic rings. The van der Waals surface area contributed by atoms with Crippen LogP contribution < -0.4 is 10.2 Å². The molecule has 2 heterocycles. The molecule has 2 aromatic carbocycles. The number of alkyl halides is 3. The first-order valence-corrected chi connectivity index (χ1v) is 10.2. The predicted octanol–water partition coefficient (Wildman–Crippen LogP) is 3.06. The maximum Gasteiger partial charge on any atom is 0.416 e. The molecule has 1 atom stereocenters. The van der Waals surface area contributed by atoms with Crippen LogP contribution in [0.4, 0.5) is 18.9 Å². The number of ether oxygens (including phenoxy) is 1. The van der Waals surface area contributed by atoms with Gasteiger partial charge in [-0.05, 0) is 36.4 Å². The second-order valence-corrected chi connectivity index (χ2v) is 7.39. The van der Waals surface area contributed by atoms with Crippen molar-refractivity contribution in [3.05, 3.63) is 65.5 Å². The van der Waals surface area contributed by atoms with E-state index >= 15 is 0 Å². The van der Waals surface area contributed by atoms with E-state index in [0.717, 1.165) is 30.9 Å². The summed E-state index contributed by atoms with van der Waals surface area (Å²) in [6.07, 6.45) is -4.45. The molecule has 11 heteroatoms. The lowest BCUT2D eigenvalue weighted by Gasteiger charge is -2.28. The molecule has 174 valence electrons. The van der Waals surface area contributed by atoms with Crippen LogP contribution in [0, 0.1) is 0 Å². The smallest absolute Gasteiger partial charge is 0.394 e. The van der Waals surface area contributed by atoms with Gasteiger partial charge in [0.05, 0.1) is 25.4 Å². The van der Waals surface area contributed by atoms with E-state index in [9.17, 15) is 23.1 Å². The van der Waals surface area contributed by atoms with Crippen molar-refractivity contribution < 1.29 is 32.3 Å². The first kappa shape index (κ1) is 22.7. The first-order valence-electron chi connectivity index (χ1n) is 10.2. The number of anilines is 1. The SMILES string of the molecule is O=C(N[C@@H](CO)c1nc(-c2ccc(C(F)(F)F)cc2)no1)c1ccc(N2CCOCC2)cc1. The fourth-order valence-electron chi connectivity index (χ4n) is 3.37. The highest BCUT2D eigenvalue weighted by Gasteiger charge is 2.30. The van der Waals surface area contributed by atoms with Crippen LogP contribution in [0.15, 0.2) is 53.1 Å². The van der Waals surface area contributed by atoms with Crippen molar-refractivity contribution in [2.45, 2.75) is 12.2 Å². The van der Waals surface area contributed by atoms with E-state index in [1.165, 1.54) is 12.1 Å². The number of carbonyl (C=O) groups is 1. The molecule has 0 radical (unpaired) electrons. The Balaban J connectivity index is 1.42. The van der Waals surface area contributed by atoms with E-state index in [2.05, 4.69) is 20.4 Å². The van der Waals surface area contributed by atoms with Gasteiger partial charge in [0.1, 0.15) is 6.04 Å². The van der Waals surface area contributed by atoms with Gasteiger partial charge in [0, 0.05) is 29.9 Å². The molecule has 1 saturated heterocycles. The van der Waals surface area contributed by atoms with Crippen LogP contribution in [-0.2, 0) is 10.9 Å². The lowest BCUT2D eigenvalue weighted by atomic mass is 10.1. The van der Waals surface area contributed by atoms with Crippen LogP contribution in [0.5, 0.6) is 0 Å². The Morgan fingerprint density at radius 3 is 2.36 bits per heavy atom. The minimum Gasteiger partial charge on any atom is -0.394 e. The third-order valence-corrected chi connectivity index (χ3v) is 5.20. The van der Waals surface area contributed by atoms with Crippen molar-refractivity contribution in [2.24, 2.45) is 0 Å². The number of aromatic nitrogens is 2. The second kappa shape index (κ2) is 9.59. The molecule has 1 fully saturated rings. The quantitative estimate of drug-likeness (QED) is 0.581. The summed E-state index contributed by atoms with van der Waals surface area (Å²) in [6, 6.07) is 10.3. The number of hydrogen-bond donors (Lipinski definition) is 2. The van der Waals surface area contributed by atoms with Crippen molar-refractivity contribution in [1.29, 1.82) is 0 Å². The van der Waals surface area contributed by atoms with Crippen LogP contribution in [0.1, 0.15) is 27.9 Å². The topological polar surface area (TPSA) is 101 Å². The molecular weight excluding hydrogens is 441 g/mol. The molecule has 1 aliphatic heterocycles. The number of carbonyl (C=O) groups excluding carboxylic acids is 1. The van der Waals surface area contributed by atoms with Crippen LogP contribution in [0.2, 0.25) is 0 Å². The summed E-state index contributed by atoms with van der Waals surface area (Å²) in [5.41, 5.74) is 0.870. The Hall–Kier alpha value is -3.44. The fourth-order valence-corrected chi connectivity index (χ4v) is 3.37. The summed E-state index contributed by atoms with van der Waals surface area (Å²) >= 11 is 0. The Bertz CT molecular complexity index is 1080. The molecule has 33 heavy (non-hydrogen) atoms. The molecule has 3 aromatic rings. The van der Waals surface area contributed by atoms with Crippen LogP contribution >= 0.6 is 0 Å². The van der Waals surface area contributed by atoms with E-state index < -0.39 is 30.3 Å². The summed E-state index contributed by atoms with van der Waals surface area (Å²) in [7, 11) is 0. The maximum atomic E-state index is 12.7. The number of halogens is 3. The molecule has 1 amide bonds. The summed E-state index contributed by atoms with van der Waals surface area (Å²) in [5, 5.41) is 16.1. The molecule has 1 aromatic heterocycles. The maximum absolute atomic E-state index is 12.7. The molecule has 0 unspecified atom stereocenters. The number of morpholine rings is 1. The predicted molar refractivity (Wildman–Crippen MR) is 112 cm³/mol. The zero-order chi connectivity index (χ0) is 23.4. The number of hydrogen-bond acceptors (Lipinski definition) is 7. The molecule has 2 N–H and O–H groups in total. The Morgan fingerprint density at radius 2 is 1.76 bits per heavy atom. The average molecular weight is 462 g/mol. The molecule has 0 saturated carbocycles. The van der Waals surface area contributed by atoms with E-state index in [4.69, 9.17) is 9.26 Å². The number of amides is 1.